The molecule has 88 valence electrons. The van der Waals surface area contributed by atoms with Gasteiger partial charge in [-0.15, -0.1) is 0 Å². The summed E-state index contributed by atoms with van der Waals surface area (Å²) in [6.07, 6.45) is 9.17. The van der Waals surface area contributed by atoms with Gasteiger partial charge in [0.2, 0.25) is 12.2 Å². The molecule has 1 fully saturated rings. The van der Waals surface area contributed by atoms with Gasteiger partial charge in [0, 0.05) is 0 Å². The van der Waals surface area contributed by atoms with Gasteiger partial charge in [-0.2, -0.15) is 0 Å². The number of hydrogen-bond donors (Lipinski definition) is 2. The second-order valence-electron chi connectivity index (χ2n) is 4.85. The molecule has 2 bridgehead atoms. The van der Waals surface area contributed by atoms with Crippen molar-refractivity contribution in [1.82, 2.24) is 0 Å². The van der Waals surface area contributed by atoms with Crippen LogP contribution in [0, 0.1) is 27.6 Å². The van der Waals surface area contributed by atoms with Crippen molar-refractivity contribution in [2.75, 3.05) is 0 Å². The standard InChI is InChI=1S/C10H16.2CHNO/c1-9(2)8-4-6-10(9,3)7-5-8;2*2-1-3/h4,6,8H,5,7H2,1-3H3;2*2H. The summed E-state index contributed by atoms with van der Waals surface area (Å²) in [6.45, 7) is 7.21. The Kier molecular flexibility index (Phi) is 5.03. The Morgan fingerprint density at radius 3 is 1.69 bits per heavy atom. The molecular formula is C12H18N2O2. The molecular weight excluding hydrogens is 204 g/mol. The summed E-state index contributed by atoms with van der Waals surface area (Å²) in [5, 5.41) is 10.8. The summed E-state index contributed by atoms with van der Waals surface area (Å²) in [5.74, 6) is 0.873. The minimum atomic E-state index is 0.525. The van der Waals surface area contributed by atoms with Crippen LogP contribution in [0.2, 0.25) is 0 Å². The summed E-state index contributed by atoms with van der Waals surface area (Å²) < 4.78 is 0. The molecule has 0 radical (unpaired) electrons. The first kappa shape index (κ1) is 14.5. The van der Waals surface area contributed by atoms with E-state index in [0.29, 0.717) is 10.8 Å². The molecule has 4 nitrogen and oxygen atoms in total. The number of fused-ring (bicyclic) bond motifs is 2. The molecule has 0 heterocycles. The van der Waals surface area contributed by atoms with E-state index in [-0.39, 0.29) is 0 Å². The Morgan fingerprint density at radius 1 is 1.19 bits per heavy atom. The number of hydrogen-bond acceptors (Lipinski definition) is 4. The molecule has 2 atom stereocenters. The third-order valence-corrected chi connectivity index (χ3v) is 4.07. The maximum atomic E-state index is 8.35. The predicted octanol–water partition coefficient (Wildman–Crippen LogP) is 2.80. The normalized spacial score (nSPS) is 31.3. The van der Waals surface area contributed by atoms with Crippen molar-refractivity contribution < 1.29 is 9.59 Å². The van der Waals surface area contributed by atoms with Crippen molar-refractivity contribution >= 4 is 12.2 Å². The zero-order valence-corrected chi connectivity index (χ0v) is 9.96. The molecule has 0 amide bonds. The van der Waals surface area contributed by atoms with Crippen molar-refractivity contribution in [2.24, 2.45) is 16.7 Å². The van der Waals surface area contributed by atoms with E-state index in [1.54, 1.807) is 0 Å². The Morgan fingerprint density at radius 2 is 1.62 bits per heavy atom. The van der Waals surface area contributed by atoms with Crippen LogP contribution in [0.4, 0.5) is 0 Å². The Hall–Kier alpha value is -1.50. The average Bonchev–Trinajstić information content (AvgIpc) is 2.53. The van der Waals surface area contributed by atoms with Crippen molar-refractivity contribution in [3.63, 3.8) is 0 Å². The van der Waals surface area contributed by atoms with Gasteiger partial charge in [0.1, 0.15) is 0 Å². The van der Waals surface area contributed by atoms with E-state index in [2.05, 4.69) is 32.9 Å². The summed E-state index contributed by atoms with van der Waals surface area (Å²) in [7, 11) is 0. The van der Waals surface area contributed by atoms with E-state index in [0.717, 1.165) is 18.1 Å². The van der Waals surface area contributed by atoms with E-state index < -0.39 is 0 Å². The highest BCUT2D eigenvalue weighted by Crippen LogP contribution is 2.61. The summed E-state index contributed by atoms with van der Waals surface area (Å²) in [6, 6.07) is 0. The Balaban J connectivity index is 0.000000321. The zero-order valence-electron chi connectivity index (χ0n) is 9.96. The zero-order chi connectivity index (χ0) is 12.8. The Bertz CT molecular complexity index is 323. The van der Waals surface area contributed by atoms with Crippen LogP contribution in [-0.2, 0) is 9.59 Å². The van der Waals surface area contributed by atoms with Gasteiger partial charge < -0.3 is 0 Å². The Labute approximate surface area is 95.8 Å². The van der Waals surface area contributed by atoms with Crippen molar-refractivity contribution in [1.29, 1.82) is 10.8 Å². The minimum absolute atomic E-state index is 0.525. The van der Waals surface area contributed by atoms with Gasteiger partial charge in [-0.3, -0.25) is 0 Å². The first-order valence-electron chi connectivity index (χ1n) is 5.16. The molecule has 0 saturated heterocycles. The molecule has 0 aromatic carbocycles. The fourth-order valence-corrected chi connectivity index (χ4v) is 2.53. The van der Waals surface area contributed by atoms with Crippen LogP contribution in [0.1, 0.15) is 33.6 Å². The molecule has 1 saturated carbocycles. The highest BCUT2D eigenvalue weighted by molar-refractivity contribution is 5.26. The summed E-state index contributed by atoms with van der Waals surface area (Å²) in [4.78, 5) is 16.7. The SMILES string of the molecule is CC12C=CC(CC1)C2(C)C.N=C=O.N=C=O. The number of nitrogens with one attached hydrogen (secondary N) is 2. The average molecular weight is 222 g/mol. The molecule has 4 heteroatoms. The van der Waals surface area contributed by atoms with Crippen LogP contribution >= 0.6 is 0 Å². The van der Waals surface area contributed by atoms with Crippen LogP contribution < -0.4 is 0 Å². The molecule has 2 rings (SSSR count). The molecule has 2 aliphatic rings. The largest absolute Gasteiger partial charge is 0.231 e. The second-order valence-corrected chi connectivity index (χ2v) is 4.85. The van der Waals surface area contributed by atoms with E-state index in [1.165, 1.54) is 12.8 Å². The first-order valence-corrected chi connectivity index (χ1v) is 5.16. The van der Waals surface area contributed by atoms with E-state index in [4.69, 9.17) is 20.4 Å². The lowest BCUT2D eigenvalue weighted by molar-refractivity contribution is 0.182. The van der Waals surface area contributed by atoms with E-state index >= 15 is 0 Å². The molecule has 0 aromatic heterocycles. The van der Waals surface area contributed by atoms with Gasteiger partial charge in [0.05, 0.1) is 0 Å². The molecule has 0 spiro atoms. The van der Waals surface area contributed by atoms with Crippen LogP contribution in [0.15, 0.2) is 12.2 Å². The minimum Gasteiger partial charge on any atom is -0.222 e. The van der Waals surface area contributed by atoms with Crippen molar-refractivity contribution in [3.8, 4) is 0 Å². The molecule has 0 aromatic rings. The lowest BCUT2D eigenvalue weighted by atomic mass is 9.71. The third-order valence-electron chi connectivity index (χ3n) is 4.07. The highest BCUT2D eigenvalue weighted by Gasteiger charge is 2.52. The third kappa shape index (κ3) is 2.54. The maximum absolute atomic E-state index is 8.35. The smallest absolute Gasteiger partial charge is 0.222 e. The van der Waals surface area contributed by atoms with Crippen LogP contribution in [-0.4, -0.2) is 12.2 Å². The monoisotopic (exact) mass is 222 g/mol. The fourth-order valence-electron chi connectivity index (χ4n) is 2.53. The molecule has 2 aliphatic carbocycles. The first-order chi connectivity index (χ1) is 7.39. The second kappa shape index (κ2) is 5.55. The number of isocyanates is 2. The van der Waals surface area contributed by atoms with E-state index in [9.17, 15) is 0 Å². The molecule has 2 unspecified atom stereocenters. The maximum Gasteiger partial charge on any atom is 0.231 e. The number of carbonyl (C=O) groups excluding carboxylic acids is 2. The van der Waals surface area contributed by atoms with Gasteiger partial charge in [0.15, 0.2) is 0 Å². The quantitative estimate of drug-likeness (QED) is 0.375. The lowest BCUT2D eigenvalue weighted by Crippen LogP contribution is -2.27. The molecule has 2 N–H and O–H groups in total. The predicted molar refractivity (Wildman–Crippen MR) is 60.6 cm³/mol. The van der Waals surface area contributed by atoms with Crippen molar-refractivity contribution in [3.05, 3.63) is 12.2 Å². The highest BCUT2D eigenvalue weighted by atomic mass is 16.1. The summed E-state index contributed by atoms with van der Waals surface area (Å²) >= 11 is 0. The van der Waals surface area contributed by atoms with Gasteiger partial charge >= 0.3 is 0 Å². The number of rotatable bonds is 0. The summed E-state index contributed by atoms with van der Waals surface area (Å²) in [5.41, 5.74) is 1.07. The van der Waals surface area contributed by atoms with Crippen LogP contribution in [0.3, 0.4) is 0 Å². The van der Waals surface area contributed by atoms with Crippen LogP contribution in [0.25, 0.3) is 0 Å². The van der Waals surface area contributed by atoms with Crippen LogP contribution in [0.5, 0.6) is 0 Å². The van der Waals surface area contributed by atoms with Gasteiger partial charge in [-0.05, 0) is 29.6 Å². The molecule has 16 heavy (non-hydrogen) atoms. The molecule has 0 aliphatic heterocycles. The van der Waals surface area contributed by atoms with Gasteiger partial charge in [-0.1, -0.05) is 32.9 Å². The lowest BCUT2D eigenvalue weighted by Gasteiger charge is -2.33. The van der Waals surface area contributed by atoms with Crippen molar-refractivity contribution in [2.45, 2.75) is 33.6 Å². The van der Waals surface area contributed by atoms with E-state index in [1.807, 2.05) is 0 Å². The van der Waals surface area contributed by atoms with Gasteiger partial charge in [0.25, 0.3) is 0 Å². The topological polar surface area (TPSA) is 81.8 Å². The van der Waals surface area contributed by atoms with Gasteiger partial charge in [-0.25, -0.2) is 20.4 Å². The number of allylic oxidation sites excluding steroid dienone is 2. The fraction of sp³-hybridized carbons (Fsp3) is 0.667.